The molecule has 0 spiro atoms. The molecule has 0 bridgehead atoms. The first-order chi connectivity index (χ1) is 24.4. The van der Waals surface area contributed by atoms with Gasteiger partial charge in [0, 0.05) is 61.2 Å². The van der Waals surface area contributed by atoms with Crippen LogP contribution in [0.3, 0.4) is 0 Å². The number of nitrogens with one attached hydrogen (secondary N) is 2. The molecule has 11 heteroatoms. The van der Waals surface area contributed by atoms with Crippen LogP contribution in [0.4, 0.5) is 16.4 Å². The van der Waals surface area contributed by atoms with Crippen LogP contribution in [0.15, 0.2) is 104 Å². The normalized spacial score (nSPS) is 15.9. The first-order valence-electron chi connectivity index (χ1n) is 16.8. The van der Waals surface area contributed by atoms with Gasteiger partial charge < -0.3 is 25.0 Å². The van der Waals surface area contributed by atoms with Gasteiger partial charge in [-0.05, 0) is 60.7 Å². The van der Waals surface area contributed by atoms with Crippen molar-refractivity contribution in [3.05, 3.63) is 120 Å². The van der Waals surface area contributed by atoms with Crippen LogP contribution < -0.4 is 15.4 Å². The molecule has 1 amide bonds. The maximum Gasteiger partial charge on any atom is 0.410 e. The van der Waals surface area contributed by atoms with Crippen molar-refractivity contribution >= 4 is 28.5 Å². The van der Waals surface area contributed by atoms with E-state index in [0.29, 0.717) is 37.2 Å². The predicted octanol–water partition coefficient (Wildman–Crippen LogP) is 7.60. The van der Waals surface area contributed by atoms with Gasteiger partial charge in [0.05, 0.1) is 23.5 Å². The van der Waals surface area contributed by atoms with Gasteiger partial charge in [-0.2, -0.15) is 5.10 Å². The molecule has 50 heavy (non-hydrogen) atoms. The van der Waals surface area contributed by atoms with Crippen LogP contribution in [0.2, 0.25) is 0 Å². The number of hydrogen-bond donors (Lipinski definition) is 2. The van der Waals surface area contributed by atoms with Gasteiger partial charge >= 0.3 is 6.09 Å². The van der Waals surface area contributed by atoms with Crippen LogP contribution in [-0.4, -0.2) is 54.9 Å². The van der Waals surface area contributed by atoms with Crippen LogP contribution in [0, 0.1) is 12.8 Å². The van der Waals surface area contributed by atoms with Gasteiger partial charge in [0.2, 0.25) is 11.8 Å². The fraction of sp³-hybridized carbons (Fsp3) is 0.256. The minimum atomic E-state index is -0.321. The molecule has 4 heterocycles. The van der Waals surface area contributed by atoms with Crippen LogP contribution in [0.1, 0.15) is 30.2 Å². The molecule has 6 aromatic rings. The van der Waals surface area contributed by atoms with Crippen LogP contribution >= 0.6 is 0 Å². The summed E-state index contributed by atoms with van der Waals surface area (Å²) < 4.78 is 14.1. The first kappa shape index (κ1) is 32.6. The number of ether oxygens (including phenoxy) is 2. The van der Waals surface area contributed by atoms with E-state index in [1.807, 2.05) is 80.8 Å². The quantitative estimate of drug-likeness (QED) is 0.152. The minimum absolute atomic E-state index is 0.0401. The van der Waals surface area contributed by atoms with Gasteiger partial charge in [0.25, 0.3) is 0 Å². The van der Waals surface area contributed by atoms with E-state index < -0.39 is 0 Å². The summed E-state index contributed by atoms with van der Waals surface area (Å²) in [6.07, 6.45) is 5.93. The Balaban J connectivity index is 1.08. The number of benzene rings is 3. The maximum atomic E-state index is 13.0. The molecule has 3 aromatic heterocycles. The molecule has 1 aliphatic rings. The highest BCUT2D eigenvalue weighted by atomic mass is 16.6. The van der Waals surface area contributed by atoms with Crippen molar-refractivity contribution in [3.8, 4) is 22.9 Å². The molecule has 0 unspecified atom stereocenters. The Morgan fingerprint density at radius 2 is 1.80 bits per heavy atom. The summed E-state index contributed by atoms with van der Waals surface area (Å²) in [6.45, 7) is 6.14. The Morgan fingerprint density at radius 3 is 2.64 bits per heavy atom. The lowest BCUT2D eigenvalue weighted by Crippen LogP contribution is -2.48. The van der Waals surface area contributed by atoms with E-state index in [1.54, 1.807) is 22.0 Å². The van der Waals surface area contributed by atoms with Crippen molar-refractivity contribution in [2.45, 2.75) is 39.5 Å². The SMILES string of the molecule is Cc1ccc2c(NCc3ccn(C)n3)cccc2c1Oc1ncccc1-c1ccnc(N[C@H]2C[C@@H](C)CN(C(=O)OCc3ccccc3)C2)n1. The van der Waals surface area contributed by atoms with E-state index in [1.165, 1.54) is 0 Å². The molecular formula is C39H40N8O3. The van der Waals surface area contributed by atoms with Gasteiger partial charge in [-0.1, -0.05) is 61.5 Å². The lowest BCUT2D eigenvalue weighted by Gasteiger charge is -2.36. The summed E-state index contributed by atoms with van der Waals surface area (Å²) in [5.41, 5.74) is 5.30. The predicted molar refractivity (Wildman–Crippen MR) is 194 cm³/mol. The number of amides is 1. The molecule has 0 aliphatic carbocycles. The molecule has 1 fully saturated rings. The molecule has 7 rings (SSSR count). The summed E-state index contributed by atoms with van der Waals surface area (Å²) in [6, 6.07) is 27.6. The first-order valence-corrected chi connectivity index (χ1v) is 16.8. The van der Waals surface area contributed by atoms with Gasteiger partial charge in [-0.15, -0.1) is 0 Å². The van der Waals surface area contributed by atoms with Crippen molar-refractivity contribution in [1.82, 2.24) is 29.6 Å². The summed E-state index contributed by atoms with van der Waals surface area (Å²) in [5.74, 6) is 1.92. The number of aryl methyl sites for hydroxylation is 2. The third-order valence-corrected chi connectivity index (χ3v) is 8.80. The number of pyridine rings is 1. The molecular weight excluding hydrogens is 628 g/mol. The highest BCUT2D eigenvalue weighted by Gasteiger charge is 2.29. The van der Waals surface area contributed by atoms with E-state index in [9.17, 15) is 4.79 Å². The molecule has 3 aromatic carbocycles. The van der Waals surface area contributed by atoms with Crippen molar-refractivity contribution in [2.24, 2.45) is 13.0 Å². The summed E-state index contributed by atoms with van der Waals surface area (Å²) in [7, 11) is 1.91. The lowest BCUT2D eigenvalue weighted by atomic mass is 9.96. The second-order valence-corrected chi connectivity index (χ2v) is 12.8. The van der Waals surface area contributed by atoms with Crippen molar-refractivity contribution in [2.75, 3.05) is 23.7 Å². The number of fused-ring (bicyclic) bond motifs is 1. The lowest BCUT2D eigenvalue weighted by molar-refractivity contribution is 0.0783. The molecule has 254 valence electrons. The third-order valence-electron chi connectivity index (χ3n) is 8.80. The number of anilines is 2. The average molecular weight is 669 g/mol. The number of piperidine rings is 1. The minimum Gasteiger partial charge on any atom is -0.445 e. The molecule has 0 saturated carbocycles. The van der Waals surface area contributed by atoms with E-state index in [2.05, 4.69) is 56.9 Å². The Kier molecular flexibility index (Phi) is 9.54. The number of likely N-dealkylation sites (tertiary alicyclic amines) is 1. The van der Waals surface area contributed by atoms with Crippen molar-refractivity contribution in [3.63, 3.8) is 0 Å². The largest absolute Gasteiger partial charge is 0.445 e. The van der Waals surface area contributed by atoms with E-state index in [4.69, 9.17) is 14.5 Å². The van der Waals surface area contributed by atoms with Crippen LogP contribution in [0.25, 0.3) is 22.0 Å². The zero-order valence-corrected chi connectivity index (χ0v) is 28.4. The summed E-state index contributed by atoms with van der Waals surface area (Å²) in [4.78, 5) is 28.8. The number of carbonyl (C=O) groups excluding carboxylic acids is 1. The Morgan fingerprint density at radius 1 is 0.920 bits per heavy atom. The summed E-state index contributed by atoms with van der Waals surface area (Å²) >= 11 is 0. The van der Waals surface area contributed by atoms with Crippen molar-refractivity contribution in [1.29, 1.82) is 0 Å². The van der Waals surface area contributed by atoms with Crippen LogP contribution in [0.5, 0.6) is 11.6 Å². The molecule has 11 nitrogen and oxygen atoms in total. The fourth-order valence-corrected chi connectivity index (χ4v) is 6.41. The second kappa shape index (κ2) is 14.7. The Labute approximate surface area is 291 Å². The van der Waals surface area contributed by atoms with E-state index in [-0.39, 0.29) is 24.7 Å². The monoisotopic (exact) mass is 668 g/mol. The highest BCUT2D eigenvalue weighted by molar-refractivity contribution is 5.98. The Bertz CT molecular complexity index is 2100. The number of nitrogens with zero attached hydrogens (tertiary/aromatic N) is 6. The topological polar surface area (TPSA) is 119 Å². The van der Waals surface area contributed by atoms with Gasteiger partial charge in [0.15, 0.2) is 0 Å². The van der Waals surface area contributed by atoms with Gasteiger partial charge in [-0.3, -0.25) is 4.68 Å². The van der Waals surface area contributed by atoms with Gasteiger partial charge in [-0.25, -0.2) is 19.7 Å². The number of carbonyl (C=O) groups is 1. The van der Waals surface area contributed by atoms with Crippen molar-refractivity contribution < 1.29 is 14.3 Å². The standard InChI is InChI=1S/C39H40N8O3/c1-26-21-30(24-47(23-26)39(48)49-25-28-9-5-4-6-10-28)43-38-41-19-16-35(44-38)33-12-8-18-40-37(33)50-36-27(2)14-15-31-32(36)11-7-13-34(31)42-22-29-17-20-46(3)45-29/h4-20,26,30,42H,21-25H2,1-3H3,(H,41,43,44)/t26-,30+/m1/s1. The maximum absolute atomic E-state index is 13.0. The molecule has 1 aliphatic heterocycles. The zero-order valence-electron chi connectivity index (χ0n) is 28.4. The highest BCUT2D eigenvalue weighted by Crippen LogP contribution is 2.38. The number of hydrogen-bond acceptors (Lipinski definition) is 9. The summed E-state index contributed by atoms with van der Waals surface area (Å²) in [5, 5.41) is 13.5. The second-order valence-electron chi connectivity index (χ2n) is 12.8. The average Bonchev–Trinajstić information content (AvgIpc) is 3.56. The van der Waals surface area contributed by atoms with E-state index in [0.717, 1.165) is 51.0 Å². The smallest absolute Gasteiger partial charge is 0.410 e. The number of rotatable bonds is 10. The molecule has 2 atom stereocenters. The molecule has 0 radical (unpaired) electrons. The Hall–Kier alpha value is -5.97. The fourth-order valence-electron chi connectivity index (χ4n) is 6.41. The third kappa shape index (κ3) is 7.52. The van der Waals surface area contributed by atoms with E-state index >= 15 is 0 Å². The zero-order chi connectivity index (χ0) is 34.5. The molecule has 2 N–H and O–H groups in total. The number of aromatic nitrogens is 5. The molecule has 1 saturated heterocycles. The van der Waals surface area contributed by atoms with Gasteiger partial charge in [0.1, 0.15) is 12.4 Å². The van der Waals surface area contributed by atoms with Crippen LogP contribution in [-0.2, 0) is 24.9 Å².